The maximum absolute atomic E-state index is 13.1. The van der Waals surface area contributed by atoms with Crippen LogP contribution in [-0.2, 0) is 4.74 Å². The molecule has 19 heavy (non-hydrogen) atoms. The Labute approximate surface area is 119 Å². The first-order valence-corrected chi connectivity index (χ1v) is 6.91. The Morgan fingerprint density at radius 3 is 2.47 bits per heavy atom. The van der Waals surface area contributed by atoms with E-state index in [4.69, 9.17) is 22.1 Å². The quantitative estimate of drug-likeness (QED) is 0.889. The van der Waals surface area contributed by atoms with Crippen LogP contribution in [0.1, 0.15) is 45.7 Å². The van der Waals surface area contributed by atoms with Gasteiger partial charge in [-0.2, -0.15) is 0 Å². The predicted octanol–water partition coefficient (Wildman–Crippen LogP) is 4.07. The van der Waals surface area contributed by atoms with Gasteiger partial charge in [0.05, 0.1) is 11.2 Å². The van der Waals surface area contributed by atoms with Crippen molar-refractivity contribution in [2.45, 2.75) is 51.4 Å². The summed E-state index contributed by atoms with van der Waals surface area (Å²) in [5.41, 5.74) is 6.63. The molecule has 1 aliphatic heterocycles. The molecule has 0 spiro atoms. The molecule has 4 heteroatoms. The molecular weight excluding hydrogens is 265 g/mol. The van der Waals surface area contributed by atoms with Crippen LogP contribution in [0.15, 0.2) is 18.2 Å². The average molecular weight is 286 g/mol. The van der Waals surface area contributed by atoms with Crippen molar-refractivity contribution >= 4 is 11.6 Å². The number of hydrogen-bond donors (Lipinski definition) is 1. The van der Waals surface area contributed by atoms with E-state index in [-0.39, 0.29) is 29.0 Å². The number of benzene rings is 1. The number of nitrogens with two attached hydrogens (primary N) is 1. The normalized spacial score (nSPS) is 26.4. The smallest absolute Gasteiger partial charge is 0.124 e. The van der Waals surface area contributed by atoms with Gasteiger partial charge in [0.25, 0.3) is 0 Å². The monoisotopic (exact) mass is 285 g/mol. The lowest BCUT2D eigenvalue weighted by atomic mass is 9.79. The van der Waals surface area contributed by atoms with Crippen molar-refractivity contribution in [1.29, 1.82) is 0 Å². The first-order valence-electron chi connectivity index (χ1n) is 6.53. The second kappa shape index (κ2) is 4.72. The molecule has 2 atom stereocenters. The van der Waals surface area contributed by atoms with E-state index in [1.54, 1.807) is 6.07 Å². The van der Waals surface area contributed by atoms with Crippen LogP contribution in [0.3, 0.4) is 0 Å². The highest BCUT2D eigenvalue weighted by atomic mass is 35.5. The zero-order valence-corrected chi connectivity index (χ0v) is 12.6. The lowest BCUT2D eigenvalue weighted by Crippen LogP contribution is -2.36. The van der Waals surface area contributed by atoms with E-state index >= 15 is 0 Å². The van der Waals surface area contributed by atoms with Gasteiger partial charge in [-0.25, -0.2) is 4.39 Å². The molecule has 1 fully saturated rings. The van der Waals surface area contributed by atoms with Crippen molar-refractivity contribution in [3.63, 3.8) is 0 Å². The van der Waals surface area contributed by atoms with Gasteiger partial charge >= 0.3 is 0 Å². The first-order chi connectivity index (χ1) is 8.62. The van der Waals surface area contributed by atoms with Gasteiger partial charge in [0.1, 0.15) is 5.82 Å². The zero-order chi connectivity index (χ0) is 14.4. The summed E-state index contributed by atoms with van der Waals surface area (Å²) >= 11 is 6.11. The number of rotatable bonds is 2. The Bertz CT molecular complexity index is 487. The molecule has 1 aromatic rings. The first kappa shape index (κ1) is 14.8. The number of halogens is 2. The second-order valence-corrected chi connectivity index (χ2v) is 6.87. The zero-order valence-electron chi connectivity index (χ0n) is 11.8. The molecule has 1 aromatic carbocycles. The van der Waals surface area contributed by atoms with Gasteiger partial charge in [-0.05, 0) is 51.8 Å². The molecule has 106 valence electrons. The second-order valence-electron chi connectivity index (χ2n) is 6.47. The molecule has 2 nitrogen and oxygen atoms in total. The molecule has 2 N–H and O–H groups in total. The Morgan fingerprint density at radius 2 is 2.00 bits per heavy atom. The van der Waals surface area contributed by atoms with Crippen molar-refractivity contribution < 1.29 is 9.13 Å². The molecule has 0 saturated carbocycles. The molecular formula is C15H21ClFNO. The van der Waals surface area contributed by atoms with Crippen LogP contribution < -0.4 is 5.73 Å². The van der Waals surface area contributed by atoms with E-state index in [0.717, 1.165) is 12.0 Å². The molecule has 0 amide bonds. The topological polar surface area (TPSA) is 35.2 Å². The van der Waals surface area contributed by atoms with E-state index < -0.39 is 0 Å². The van der Waals surface area contributed by atoms with Crippen molar-refractivity contribution in [1.82, 2.24) is 0 Å². The molecule has 0 aromatic heterocycles. The van der Waals surface area contributed by atoms with Crippen LogP contribution in [0.2, 0.25) is 5.02 Å². The average Bonchev–Trinajstić information content (AvgIpc) is 2.45. The highest BCUT2D eigenvalue weighted by Crippen LogP contribution is 2.47. The Morgan fingerprint density at radius 1 is 1.37 bits per heavy atom. The third-order valence-corrected chi connectivity index (χ3v) is 4.23. The molecule has 1 aliphatic rings. The van der Waals surface area contributed by atoms with Crippen LogP contribution in [0, 0.1) is 11.7 Å². The van der Waals surface area contributed by atoms with E-state index in [9.17, 15) is 4.39 Å². The standard InChI is InChI=1S/C15H21ClFNO/c1-14(2)8-11(15(3,4)19-14)13(18)10-6-5-9(17)7-12(10)16/h5-7,11,13H,8,18H2,1-4H3. The van der Waals surface area contributed by atoms with Gasteiger partial charge < -0.3 is 10.5 Å². The van der Waals surface area contributed by atoms with Crippen molar-refractivity contribution in [2.24, 2.45) is 11.7 Å². The van der Waals surface area contributed by atoms with Crippen LogP contribution >= 0.6 is 11.6 Å². The summed E-state index contributed by atoms with van der Waals surface area (Å²) in [4.78, 5) is 0. The molecule has 1 heterocycles. The third-order valence-electron chi connectivity index (χ3n) is 3.90. The summed E-state index contributed by atoms with van der Waals surface area (Å²) in [5, 5.41) is 0.382. The summed E-state index contributed by atoms with van der Waals surface area (Å²) in [7, 11) is 0. The van der Waals surface area contributed by atoms with Crippen LogP contribution in [-0.4, -0.2) is 11.2 Å². The Hall–Kier alpha value is -0.640. The minimum Gasteiger partial charge on any atom is -0.369 e. The SMILES string of the molecule is CC1(C)CC(C(N)c2ccc(F)cc2Cl)C(C)(C)O1. The lowest BCUT2D eigenvalue weighted by Gasteiger charge is -2.31. The van der Waals surface area contributed by atoms with Crippen LogP contribution in [0.4, 0.5) is 4.39 Å². The Balaban J connectivity index is 2.31. The largest absolute Gasteiger partial charge is 0.369 e. The third kappa shape index (κ3) is 2.93. The maximum Gasteiger partial charge on any atom is 0.124 e. The van der Waals surface area contributed by atoms with Gasteiger partial charge in [-0.15, -0.1) is 0 Å². The number of ether oxygens (including phenoxy) is 1. The fourth-order valence-corrected chi connectivity index (χ4v) is 3.45. The fraction of sp³-hybridized carbons (Fsp3) is 0.600. The molecule has 2 unspecified atom stereocenters. The molecule has 1 saturated heterocycles. The fourth-order valence-electron chi connectivity index (χ4n) is 3.15. The van der Waals surface area contributed by atoms with Crippen molar-refractivity contribution in [2.75, 3.05) is 0 Å². The van der Waals surface area contributed by atoms with E-state index in [0.29, 0.717) is 5.02 Å². The maximum atomic E-state index is 13.1. The van der Waals surface area contributed by atoms with Crippen molar-refractivity contribution in [3.8, 4) is 0 Å². The minimum absolute atomic E-state index is 0.144. The van der Waals surface area contributed by atoms with E-state index in [2.05, 4.69) is 13.8 Å². The highest BCUT2D eigenvalue weighted by Gasteiger charge is 2.48. The summed E-state index contributed by atoms with van der Waals surface area (Å²) in [6, 6.07) is 4.12. The van der Waals surface area contributed by atoms with Gasteiger partial charge in [-0.1, -0.05) is 17.7 Å². The molecule has 0 aliphatic carbocycles. The molecule has 0 radical (unpaired) electrons. The van der Waals surface area contributed by atoms with E-state index in [1.807, 2.05) is 13.8 Å². The Kier molecular flexibility index (Phi) is 3.67. The molecule has 0 bridgehead atoms. The molecule has 2 rings (SSSR count). The lowest BCUT2D eigenvalue weighted by molar-refractivity contribution is -0.0767. The predicted molar refractivity (Wildman–Crippen MR) is 75.7 cm³/mol. The van der Waals surface area contributed by atoms with Gasteiger partial charge in [0.15, 0.2) is 0 Å². The van der Waals surface area contributed by atoms with Gasteiger partial charge in [0.2, 0.25) is 0 Å². The highest BCUT2D eigenvalue weighted by molar-refractivity contribution is 6.31. The van der Waals surface area contributed by atoms with E-state index in [1.165, 1.54) is 12.1 Å². The summed E-state index contributed by atoms with van der Waals surface area (Å²) in [6.07, 6.45) is 0.856. The summed E-state index contributed by atoms with van der Waals surface area (Å²) in [5.74, 6) is -0.200. The van der Waals surface area contributed by atoms with Crippen LogP contribution in [0.5, 0.6) is 0 Å². The number of hydrogen-bond acceptors (Lipinski definition) is 2. The summed E-state index contributed by atoms with van der Waals surface area (Å²) in [6.45, 7) is 8.22. The van der Waals surface area contributed by atoms with Crippen molar-refractivity contribution in [3.05, 3.63) is 34.6 Å². The van der Waals surface area contributed by atoms with Crippen LogP contribution in [0.25, 0.3) is 0 Å². The minimum atomic E-state index is -0.344. The summed E-state index contributed by atoms with van der Waals surface area (Å²) < 4.78 is 19.2. The van der Waals surface area contributed by atoms with Gasteiger partial charge in [-0.3, -0.25) is 0 Å². The van der Waals surface area contributed by atoms with Gasteiger partial charge in [0, 0.05) is 17.0 Å².